The van der Waals surface area contributed by atoms with Gasteiger partial charge >= 0.3 is 0 Å². The molecule has 5 heteroatoms. The Bertz CT molecular complexity index is 746. The van der Waals surface area contributed by atoms with E-state index < -0.39 is 6.04 Å². The number of likely N-dealkylation sites (N-methyl/N-ethyl adjacent to an activating group) is 1. The molecule has 1 unspecified atom stereocenters. The fraction of sp³-hybridized carbons (Fsp3) is 0.364. The summed E-state index contributed by atoms with van der Waals surface area (Å²) in [5, 5.41) is 2.63. The molecule has 0 heterocycles. The molecule has 0 spiro atoms. The number of amides is 2. The summed E-state index contributed by atoms with van der Waals surface area (Å²) in [6.07, 6.45) is 0.929. The highest BCUT2D eigenvalue weighted by Gasteiger charge is 2.25. The zero-order valence-electron chi connectivity index (χ0n) is 16.3. The minimum atomic E-state index is -0.530. The Morgan fingerprint density at radius 2 is 1.85 bits per heavy atom. The van der Waals surface area contributed by atoms with Crippen LogP contribution in [0.3, 0.4) is 0 Å². The first kappa shape index (κ1) is 20.5. The molecule has 0 fully saturated rings. The van der Waals surface area contributed by atoms with Gasteiger partial charge in [-0.25, -0.2) is 0 Å². The lowest BCUT2D eigenvalue weighted by atomic mass is 10.1. The SMILES string of the molecule is CNC(=O)C(C)N(Cc1cccc(C)c1)C(=O)CCCOc1ccccc1. The normalized spacial score (nSPS) is 11.5. The molecule has 0 saturated heterocycles. The Morgan fingerprint density at radius 1 is 1.11 bits per heavy atom. The second-order valence-corrected chi connectivity index (χ2v) is 6.57. The molecule has 1 N–H and O–H groups in total. The zero-order chi connectivity index (χ0) is 19.6. The number of hydrogen-bond acceptors (Lipinski definition) is 3. The van der Waals surface area contributed by atoms with Crippen LogP contribution in [0.5, 0.6) is 5.75 Å². The lowest BCUT2D eigenvalue weighted by Crippen LogP contribution is -2.46. The van der Waals surface area contributed by atoms with Crippen LogP contribution in [-0.4, -0.2) is 36.4 Å². The van der Waals surface area contributed by atoms with E-state index in [1.54, 1.807) is 18.9 Å². The van der Waals surface area contributed by atoms with Crippen LogP contribution in [0, 0.1) is 6.92 Å². The molecule has 144 valence electrons. The fourth-order valence-corrected chi connectivity index (χ4v) is 2.87. The third kappa shape index (κ3) is 6.44. The molecule has 2 amide bonds. The van der Waals surface area contributed by atoms with E-state index in [1.165, 1.54) is 0 Å². The first-order valence-corrected chi connectivity index (χ1v) is 9.25. The highest BCUT2D eigenvalue weighted by molar-refractivity contribution is 5.87. The molecule has 0 bridgehead atoms. The lowest BCUT2D eigenvalue weighted by Gasteiger charge is -2.28. The molecule has 0 aliphatic heterocycles. The van der Waals surface area contributed by atoms with Crippen LogP contribution in [0.2, 0.25) is 0 Å². The summed E-state index contributed by atoms with van der Waals surface area (Å²) in [6.45, 7) is 4.64. The highest BCUT2D eigenvalue weighted by atomic mass is 16.5. The van der Waals surface area contributed by atoms with Gasteiger partial charge in [0, 0.05) is 20.0 Å². The van der Waals surface area contributed by atoms with Gasteiger partial charge in [0.2, 0.25) is 11.8 Å². The number of nitrogens with zero attached hydrogens (tertiary/aromatic N) is 1. The summed E-state index contributed by atoms with van der Waals surface area (Å²) in [5.41, 5.74) is 2.14. The summed E-state index contributed by atoms with van der Waals surface area (Å²) >= 11 is 0. The monoisotopic (exact) mass is 368 g/mol. The van der Waals surface area contributed by atoms with E-state index >= 15 is 0 Å². The molecular formula is C22H28N2O3. The highest BCUT2D eigenvalue weighted by Crippen LogP contribution is 2.14. The molecule has 0 aliphatic carbocycles. The number of ether oxygens (including phenoxy) is 1. The van der Waals surface area contributed by atoms with Crippen molar-refractivity contribution in [3.63, 3.8) is 0 Å². The topological polar surface area (TPSA) is 58.6 Å². The fourth-order valence-electron chi connectivity index (χ4n) is 2.87. The van der Waals surface area contributed by atoms with Gasteiger partial charge in [0.15, 0.2) is 0 Å². The van der Waals surface area contributed by atoms with Crippen LogP contribution >= 0.6 is 0 Å². The Balaban J connectivity index is 1.96. The Hall–Kier alpha value is -2.82. The van der Waals surface area contributed by atoms with Crippen molar-refractivity contribution in [1.29, 1.82) is 0 Å². The summed E-state index contributed by atoms with van der Waals surface area (Å²) in [7, 11) is 1.59. The van der Waals surface area contributed by atoms with E-state index in [9.17, 15) is 9.59 Å². The minimum Gasteiger partial charge on any atom is -0.494 e. The van der Waals surface area contributed by atoms with Crippen molar-refractivity contribution in [2.24, 2.45) is 0 Å². The molecule has 0 radical (unpaired) electrons. The van der Waals surface area contributed by atoms with Crippen molar-refractivity contribution in [1.82, 2.24) is 10.2 Å². The van der Waals surface area contributed by atoms with Gasteiger partial charge in [-0.1, -0.05) is 48.0 Å². The number of benzene rings is 2. The third-order valence-electron chi connectivity index (χ3n) is 4.40. The van der Waals surface area contributed by atoms with Crippen LogP contribution < -0.4 is 10.1 Å². The van der Waals surface area contributed by atoms with E-state index in [-0.39, 0.29) is 11.8 Å². The largest absolute Gasteiger partial charge is 0.494 e. The molecule has 0 saturated carbocycles. The Labute approximate surface area is 161 Å². The van der Waals surface area contributed by atoms with Crippen molar-refractivity contribution >= 4 is 11.8 Å². The number of carbonyl (C=O) groups is 2. The summed E-state index contributed by atoms with van der Waals surface area (Å²) in [4.78, 5) is 26.5. The molecule has 2 aromatic rings. The predicted octanol–water partition coefficient (Wildman–Crippen LogP) is 3.32. The molecule has 2 aromatic carbocycles. The second kappa shape index (κ2) is 10.4. The van der Waals surface area contributed by atoms with Gasteiger partial charge in [0.25, 0.3) is 0 Å². The van der Waals surface area contributed by atoms with Crippen molar-refractivity contribution in [3.05, 3.63) is 65.7 Å². The quantitative estimate of drug-likeness (QED) is 0.691. The van der Waals surface area contributed by atoms with Crippen LogP contribution in [-0.2, 0) is 16.1 Å². The number of rotatable bonds is 9. The van der Waals surface area contributed by atoms with E-state index in [0.29, 0.717) is 26.0 Å². The first-order valence-electron chi connectivity index (χ1n) is 9.25. The van der Waals surface area contributed by atoms with Crippen LogP contribution in [0.15, 0.2) is 54.6 Å². The maximum atomic E-state index is 12.8. The molecular weight excluding hydrogens is 340 g/mol. The first-order chi connectivity index (χ1) is 13.0. The van der Waals surface area contributed by atoms with Gasteiger partial charge < -0.3 is 15.0 Å². The molecule has 27 heavy (non-hydrogen) atoms. The predicted molar refractivity (Wildman–Crippen MR) is 106 cm³/mol. The third-order valence-corrected chi connectivity index (χ3v) is 4.40. The van der Waals surface area contributed by atoms with Gasteiger partial charge in [-0.3, -0.25) is 9.59 Å². The maximum Gasteiger partial charge on any atom is 0.242 e. The van der Waals surface area contributed by atoms with Crippen LogP contribution in [0.25, 0.3) is 0 Å². The summed E-state index contributed by atoms with van der Waals surface area (Å²) in [6, 6.07) is 17.0. The average molecular weight is 368 g/mol. The zero-order valence-corrected chi connectivity index (χ0v) is 16.3. The van der Waals surface area contributed by atoms with Crippen molar-refractivity contribution in [2.75, 3.05) is 13.7 Å². The number of nitrogens with one attached hydrogen (secondary N) is 1. The molecule has 0 aliphatic rings. The number of hydrogen-bond donors (Lipinski definition) is 1. The number of carbonyl (C=O) groups excluding carboxylic acids is 2. The molecule has 2 rings (SSSR count). The molecule has 1 atom stereocenters. The minimum absolute atomic E-state index is 0.0516. The van der Waals surface area contributed by atoms with Gasteiger partial charge in [0.05, 0.1) is 6.61 Å². The van der Waals surface area contributed by atoms with Gasteiger partial charge in [0.1, 0.15) is 11.8 Å². The van der Waals surface area contributed by atoms with E-state index in [0.717, 1.165) is 16.9 Å². The smallest absolute Gasteiger partial charge is 0.242 e. The standard InChI is InChI=1S/C22H28N2O3/c1-17-9-7-10-19(15-17)16-24(18(2)22(26)23-3)21(25)13-8-14-27-20-11-5-4-6-12-20/h4-7,9-12,15,18H,8,13-14,16H2,1-3H3,(H,23,26). The van der Waals surface area contributed by atoms with E-state index in [1.807, 2.05) is 61.5 Å². The van der Waals surface area contributed by atoms with Crippen molar-refractivity contribution < 1.29 is 14.3 Å². The molecule has 0 aromatic heterocycles. The van der Waals surface area contributed by atoms with Crippen molar-refractivity contribution in [2.45, 2.75) is 39.3 Å². The van der Waals surface area contributed by atoms with Gasteiger partial charge in [-0.15, -0.1) is 0 Å². The number of aryl methyl sites for hydroxylation is 1. The van der Waals surface area contributed by atoms with E-state index in [4.69, 9.17) is 4.74 Å². The second-order valence-electron chi connectivity index (χ2n) is 6.57. The summed E-state index contributed by atoms with van der Waals surface area (Å²) in [5.74, 6) is 0.570. The summed E-state index contributed by atoms with van der Waals surface area (Å²) < 4.78 is 5.65. The van der Waals surface area contributed by atoms with Gasteiger partial charge in [-0.2, -0.15) is 0 Å². The number of para-hydroxylation sites is 1. The average Bonchev–Trinajstić information content (AvgIpc) is 2.69. The van der Waals surface area contributed by atoms with Crippen molar-refractivity contribution in [3.8, 4) is 5.75 Å². The van der Waals surface area contributed by atoms with Crippen LogP contribution in [0.4, 0.5) is 0 Å². The molecule has 5 nitrogen and oxygen atoms in total. The maximum absolute atomic E-state index is 12.8. The van der Waals surface area contributed by atoms with E-state index in [2.05, 4.69) is 5.32 Å². The van der Waals surface area contributed by atoms with Gasteiger partial charge in [-0.05, 0) is 38.0 Å². The Morgan fingerprint density at radius 3 is 2.52 bits per heavy atom. The Kier molecular flexibility index (Phi) is 7.86. The lowest BCUT2D eigenvalue weighted by molar-refractivity contribution is -0.140. The van der Waals surface area contributed by atoms with Crippen LogP contribution in [0.1, 0.15) is 30.9 Å².